The van der Waals surface area contributed by atoms with Crippen molar-refractivity contribution in [3.05, 3.63) is 65.2 Å². The van der Waals surface area contributed by atoms with E-state index in [1.54, 1.807) is 23.9 Å². The minimum Gasteiger partial charge on any atom is -0.355 e. The first-order valence-electron chi connectivity index (χ1n) is 8.61. The summed E-state index contributed by atoms with van der Waals surface area (Å²) >= 11 is 9.04. The van der Waals surface area contributed by atoms with E-state index in [2.05, 4.69) is 27.6 Å². The highest BCUT2D eigenvalue weighted by Crippen LogP contribution is 2.23. The van der Waals surface area contributed by atoms with Crippen LogP contribution in [-0.2, 0) is 10.5 Å². The van der Waals surface area contributed by atoms with Crippen molar-refractivity contribution in [2.75, 3.05) is 23.9 Å². The Balaban J connectivity index is 1.40. The number of nitrogens with one attached hydrogen (secondary N) is 1. The quantitative estimate of drug-likeness (QED) is 0.305. The molecule has 0 spiro atoms. The standard InChI is InChI=1S/C19H20ClN5OS2/c20-16-8-4-7-15(11-16)18-23-24-19(25(18)21)28-13-17(26)22-9-10-27-12-14-5-2-1-3-6-14/h1-8,11H,9-10,12-13,21H2,(H,22,26). The topological polar surface area (TPSA) is 85.8 Å². The van der Waals surface area contributed by atoms with Gasteiger partial charge in [0.25, 0.3) is 0 Å². The highest BCUT2D eigenvalue weighted by molar-refractivity contribution is 7.99. The van der Waals surface area contributed by atoms with E-state index >= 15 is 0 Å². The summed E-state index contributed by atoms with van der Waals surface area (Å²) in [5.74, 6) is 8.53. The number of nitrogen functional groups attached to an aromatic ring is 1. The minimum absolute atomic E-state index is 0.0578. The van der Waals surface area contributed by atoms with Gasteiger partial charge in [-0.3, -0.25) is 4.79 Å². The van der Waals surface area contributed by atoms with Crippen molar-refractivity contribution in [3.8, 4) is 11.4 Å². The van der Waals surface area contributed by atoms with Crippen molar-refractivity contribution >= 4 is 41.0 Å². The second-order valence-corrected chi connectivity index (χ2v) is 8.35. The average Bonchev–Trinajstić information content (AvgIpc) is 3.07. The van der Waals surface area contributed by atoms with Crippen LogP contribution in [0.4, 0.5) is 0 Å². The van der Waals surface area contributed by atoms with Gasteiger partial charge >= 0.3 is 0 Å². The fourth-order valence-corrected chi connectivity index (χ4v) is 4.10. The number of thioether (sulfide) groups is 2. The average molecular weight is 434 g/mol. The number of hydrogen-bond donors (Lipinski definition) is 2. The molecule has 0 atom stereocenters. The van der Waals surface area contributed by atoms with Gasteiger partial charge in [-0.2, -0.15) is 11.8 Å². The number of hydrogen-bond acceptors (Lipinski definition) is 6. The normalized spacial score (nSPS) is 10.8. The van der Waals surface area contributed by atoms with Crippen LogP contribution < -0.4 is 11.2 Å². The molecule has 1 amide bonds. The number of nitrogens with zero attached hydrogens (tertiary/aromatic N) is 3. The Morgan fingerprint density at radius 2 is 1.96 bits per heavy atom. The van der Waals surface area contributed by atoms with Gasteiger partial charge in [0.2, 0.25) is 11.1 Å². The number of benzene rings is 2. The van der Waals surface area contributed by atoms with E-state index in [1.807, 2.05) is 30.3 Å². The molecule has 146 valence electrons. The van der Waals surface area contributed by atoms with Gasteiger partial charge < -0.3 is 11.2 Å². The monoisotopic (exact) mass is 433 g/mol. The van der Waals surface area contributed by atoms with Gasteiger partial charge in [0.15, 0.2) is 5.82 Å². The molecule has 28 heavy (non-hydrogen) atoms. The van der Waals surface area contributed by atoms with Gasteiger partial charge in [0.1, 0.15) is 0 Å². The zero-order valence-electron chi connectivity index (χ0n) is 15.0. The predicted molar refractivity (Wildman–Crippen MR) is 117 cm³/mol. The van der Waals surface area contributed by atoms with Gasteiger partial charge in [0, 0.05) is 28.6 Å². The maximum Gasteiger partial charge on any atom is 0.230 e. The summed E-state index contributed by atoms with van der Waals surface area (Å²) in [4.78, 5) is 12.0. The first kappa shape index (κ1) is 20.6. The SMILES string of the molecule is Nn1c(SCC(=O)NCCSCc2ccccc2)nnc1-c1cccc(Cl)c1. The molecule has 1 aromatic heterocycles. The molecule has 0 unspecified atom stereocenters. The van der Waals surface area contributed by atoms with Crippen molar-refractivity contribution < 1.29 is 4.79 Å². The Bertz CT molecular complexity index is 920. The lowest BCUT2D eigenvalue weighted by molar-refractivity contribution is -0.118. The van der Waals surface area contributed by atoms with Gasteiger partial charge in [0.05, 0.1) is 5.75 Å². The van der Waals surface area contributed by atoms with Crippen LogP contribution in [0.5, 0.6) is 0 Å². The van der Waals surface area contributed by atoms with Crippen LogP contribution in [0.25, 0.3) is 11.4 Å². The smallest absolute Gasteiger partial charge is 0.230 e. The van der Waals surface area contributed by atoms with Gasteiger partial charge in [-0.25, -0.2) is 4.68 Å². The Morgan fingerprint density at radius 1 is 1.14 bits per heavy atom. The summed E-state index contributed by atoms with van der Waals surface area (Å²) in [5, 5.41) is 12.1. The van der Waals surface area contributed by atoms with E-state index in [0.717, 1.165) is 17.1 Å². The summed E-state index contributed by atoms with van der Waals surface area (Å²) in [5.41, 5.74) is 2.06. The minimum atomic E-state index is -0.0578. The number of nitrogens with two attached hydrogens (primary N) is 1. The van der Waals surface area contributed by atoms with Crippen molar-refractivity contribution in [1.29, 1.82) is 0 Å². The van der Waals surface area contributed by atoms with Gasteiger partial charge in [-0.15, -0.1) is 10.2 Å². The second-order valence-electron chi connectivity index (χ2n) is 5.86. The third-order valence-electron chi connectivity index (χ3n) is 3.76. The van der Waals surface area contributed by atoms with Crippen molar-refractivity contribution in [3.63, 3.8) is 0 Å². The predicted octanol–water partition coefficient (Wildman–Crippen LogP) is 3.45. The van der Waals surface area contributed by atoms with E-state index in [0.29, 0.717) is 22.5 Å². The molecule has 0 fully saturated rings. The summed E-state index contributed by atoms with van der Waals surface area (Å²) in [6, 6.07) is 17.5. The van der Waals surface area contributed by atoms with E-state index in [1.165, 1.54) is 22.0 Å². The Labute approximate surface area is 177 Å². The third-order valence-corrected chi connectivity index (χ3v) is 5.97. The molecule has 6 nitrogen and oxygen atoms in total. The number of carbonyl (C=O) groups is 1. The summed E-state index contributed by atoms with van der Waals surface area (Å²) < 4.78 is 1.37. The molecule has 0 saturated carbocycles. The molecule has 0 bridgehead atoms. The first-order valence-corrected chi connectivity index (χ1v) is 11.1. The number of halogens is 1. The molecular formula is C19H20ClN5OS2. The highest BCUT2D eigenvalue weighted by atomic mass is 35.5. The first-order chi connectivity index (χ1) is 13.6. The van der Waals surface area contributed by atoms with E-state index in [-0.39, 0.29) is 11.7 Å². The van der Waals surface area contributed by atoms with E-state index in [9.17, 15) is 4.79 Å². The van der Waals surface area contributed by atoms with E-state index < -0.39 is 0 Å². The zero-order chi connectivity index (χ0) is 19.8. The van der Waals surface area contributed by atoms with Crippen LogP contribution in [0.2, 0.25) is 5.02 Å². The van der Waals surface area contributed by atoms with Crippen LogP contribution in [0.15, 0.2) is 59.8 Å². The largest absolute Gasteiger partial charge is 0.355 e. The second kappa shape index (κ2) is 10.4. The summed E-state index contributed by atoms with van der Waals surface area (Å²) in [7, 11) is 0. The molecule has 3 aromatic rings. The molecule has 0 radical (unpaired) electrons. The van der Waals surface area contributed by atoms with Crippen LogP contribution in [-0.4, -0.2) is 38.8 Å². The van der Waals surface area contributed by atoms with Crippen molar-refractivity contribution in [1.82, 2.24) is 20.2 Å². The molecule has 3 rings (SSSR count). The van der Waals surface area contributed by atoms with E-state index in [4.69, 9.17) is 17.4 Å². The van der Waals surface area contributed by atoms with Crippen molar-refractivity contribution in [2.45, 2.75) is 10.9 Å². The third kappa shape index (κ3) is 5.92. The Hall–Kier alpha value is -2.16. The summed E-state index contributed by atoms with van der Waals surface area (Å²) in [6.07, 6.45) is 0. The lowest BCUT2D eigenvalue weighted by Crippen LogP contribution is -2.27. The lowest BCUT2D eigenvalue weighted by Gasteiger charge is -2.06. The molecule has 0 saturated heterocycles. The molecule has 0 aliphatic rings. The molecule has 0 aliphatic heterocycles. The number of carbonyl (C=O) groups excluding carboxylic acids is 1. The maximum atomic E-state index is 12.0. The summed E-state index contributed by atoms with van der Waals surface area (Å²) in [6.45, 7) is 0.625. The Kier molecular flexibility index (Phi) is 7.64. The fraction of sp³-hybridized carbons (Fsp3) is 0.211. The van der Waals surface area contributed by atoms with Crippen LogP contribution in [0, 0.1) is 0 Å². The van der Waals surface area contributed by atoms with Crippen LogP contribution in [0.1, 0.15) is 5.56 Å². The molecular weight excluding hydrogens is 414 g/mol. The number of aromatic nitrogens is 3. The molecule has 1 heterocycles. The number of rotatable bonds is 9. The van der Waals surface area contributed by atoms with Crippen molar-refractivity contribution in [2.24, 2.45) is 0 Å². The maximum absolute atomic E-state index is 12.0. The van der Waals surface area contributed by atoms with Gasteiger partial charge in [-0.1, -0.05) is 65.8 Å². The van der Waals surface area contributed by atoms with Gasteiger partial charge in [-0.05, 0) is 17.7 Å². The highest BCUT2D eigenvalue weighted by Gasteiger charge is 2.14. The zero-order valence-corrected chi connectivity index (χ0v) is 17.4. The Morgan fingerprint density at radius 3 is 2.75 bits per heavy atom. The molecule has 3 N–H and O–H groups in total. The lowest BCUT2D eigenvalue weighted by atomic mass is 10.2. The number of amides is 1. The molecule has 2 aromatic carbocycles. The molecule has 9 heteroatoms. The van der Waals surface area contributed by atoms with Crippen LogP contribution in [0.3, 0.4) is 0 Å². The molecule has 0 aliphatic carbocycles. The fourth-order valence-electron chi connectivity index (χ4n) is 2.41. The van der Waals surface area contributed by atoms with Crippen LogP contribution >= 0.6 is 35.1 Å².